The minimum atomic E-state index is -1.19. The van der Waals surface area contributed by atoms with Gasteiger partial charge in [-0.25, -0.2) is 9.88 Å². The minimum absolute atomic E-state index is 0.0401. The molecule has 6 heterocycles. The molecule has 15 heteroatoms. The van der Waals surface area contributed by atoms with E-state index in [0.29, 0.717) is 45.5 Å². The minimum Gasteiger partial charge on any atom is -0.490 e. The average Bonchev–Trinajstić information content (AvgIpc) is 3.50. The molecule has 15 nitrogen and oxygen atoms in total. The molecule has 4 aromatic rings. The Hall–Kier alpha value is -5.66. The van der Waals surface area contributed by atoms with Crippen LogP contribution in [-0.2, 0) is 15.0 Å². The summed E-state index contributed by atoms with van der Waals surface area (Å²) in [5.74, 6) is 1.72. The number of nitrogens with zero attached hydrogens (tertiary/aromatic N) is 6. The summed E-state index contributed by atoms with van der Waals surface area (Å²) in [6.45, 7) is 9.15. The molecule has 10 rings (SSSR count). The molecule has 2 aromatic carbocycles. The predicted molar refractivity (Wildman–Crippen MR) is 227 cm³/mol. The van der Waals surface area contributed by atoms with Crippen LogP contribution < -0.4 is 25.0 Å². The first-order valence-corrected chi connectivity index (χ1v) is 21.7. The molecule has 2 saturated carbocycles. The van der Waals surface area contributed by atoms with Gasteiger partial charge in [0.1, 0.15) is 48.0 Å². The summed E-state index contributed by atoms with van der Waals surface area (Å²) >= 11 is 0. The van der Waals surface area contributed by atoms with Crippen LogP contribution >= 0.6 is 0 Å². The SMILES string of the molecule is CN(CC1CCN(c2ccc(C(=O)NC3C(C)(C)[C@@H]4Oc5ccc(C#N)c6nccc(c56)C34C)cn2)CC1)C1CC(Oc2ccc3c(c2)C(O)N(C2CCC(=O)NC2=O)C3O)C1. The summed E-state index contributed by atoms with van der Waals surface area (Å²) in [5.41, 5.74) is 2.80. The first-order chi connectivity index (χ1) is 29.8. The molecule has 4 fully saturated rings. The zero-order chi connectivity index (χ0) is 43.2. The Balaban J connectivity index is 0.698. The number of rotatable bonds is 9. The number of pyridine rings is 2. The molecule has 5 unspecified atom stereocenters. The lowest BCUT2D eigenvalue weighted by molar-refractivity contribution is -0.154. The van der Waals surface area contributed by atoms with Crippen LogP contribution in [0.5, 0.6) is 11.5 Å². The fourth-order valence-electron chi connectivity index (χ4n) is 11.5. The Kier molecular flexibility index (Phi) is 9.78. The second kappa shape index (κ2) is 15.0. The van der Waals surface area contributed by atoms with Gasteiger partial charge >= 0.3 is 0 Å². The fraction of sp³-hybridized carbons (Fsp3) is 0.489. The van der Waals surface area contributed by atoms with Crippen LogP contribution in [0, 0.1) is 22.7 Å². The van der Waals surface area contributed by atoms with Crippen molar-refractivity contribution in [3.05, 3.63) is 88.7 Å². The van der Waals surface area contributed by atoms with Crippen LogP contribution in [-0.4, -0.2) is 105 Å². The molecule has 3 amide bonds. The summed E-state index contributed by atoms with van der Waals surface area (Å²) < 4.78 is 12.9. The summed E-state index contributed by atoms with van der Waals surface area (Å²) in [6.07, 6.45) is 5.19. The summed E-state index contributed by atoms with van der Waals surface area (Å²) in [7, 11) is 2.18. The van der Waals surface area contributed by atoms with Crippen LogP contribution in [0.4, 0.5) is 5.82 Å². The van der Waals surface area contributed by atoms with Crippen LogP contribution in [0.15, 0.2) is 60.9 Å². The predicted octanol–water partition coefficient (Wildman–Crippen LogP) is 4.22. The van der Waals surface area contributed by atoms with Crippen molar-refractivity contribution in [1.82, 2.24) is 30.4 Å². The van der Waals surface area contributed by atoms with E-state index in [1.165, 1.54) is 4.90 Å². The number of aliphatic hydroxyl groups is 2. The van der Waals surface area contributed by atoms with E-state index in [9.17, 15) is 29.9 Å². The van der Waals surface area contributed by atoms with Crippen LogP contribution in [0.25, 0.3) is 10.9 Å². The largest absolute Gasteiger partial charge is 0.490 e. The molecule has 2 aliphatic carbocycles. The number of aromatic nitrogens is 2. The first-order valence-electron chi connectivity index (χ1n) is 21.7. The highest BCUT2D eigenvalue weighted by atomic mass is 16.5. The van der Waals surface area contributed by atoms with E-state index in [0.717, 1.165) is 67.8 Å². The maximum absolute atomic E-state index is 13.8. The normalized spacial score (nSPS) is 30.0. The number of carbonyl (C=O) groups is 3. The highest BCUT2D eigenvalue weighted by molar-refractivity contribution is 6.00. The van der Waals surface area contributed by atoms with Gasteiger partial charge in [-0.15, -0.1) is 0 Å². The second-order valence-electron chi connectivity index (χ2n) is 18.9. The van der Waals surface area contributed by atoms with Crippen molar-refractivity contribution in [2.75, 3.05) is 31.6 Å². The van der Waals surface area contributed by atoms with Gasteiger partial charge in [0.25, 0.3) is 5.91 Å². The van der Waals surface area contributed by atoms with Gasteiger partial charge in [-0.05, 0) is 87.2 Å². The van der Waals surface area contributed by atoms with Gasteiger partial charge in [-0.1, -0.05) is 19.9 Å². The molecular weight excluding hydrogens is 789 g/mol. The van der Waals surface area contributed by atoms with Gasteiger partial charge in [0.2, 0.25) is 11.8 Å². The van der Waals surface area contributed by atoms with Crippen LogP contribution in [0.3, 0.4) is 0 Å². The number of imide groups is 1. The molecule has 2 aromatic heterocycles. The number of carbonyl (C=O) groups excluding carboxylic acids is 3. The lowest BCUT2D eigenvalue weighted by atomic mass is 9.45. The quantitative estimate of drug-likeness (QED) is 0.175. The van der Waals surface area contributed by atoms with Crippen molar-refractivity contribution in [3.63, 3.8) is 0 Å². The average molecular weight is 841 g/mol. The van der Waals surface area contributed by atoms with Gasteiger partial charge in [-0.2, -0.15) is 5.26 Å². The standard InChI is InChI=1S/C47H52N8O7/c1-46(2)44(47(3)33-13-16-49-39-26(22-48)5-10-35(38(33)39)62-45(46)47)52-40(57)27-6-11-36(50-23-27)54-17-14-25(15-18-54)24-53(4)28-19-30(20-28)61-29-7-8-31-32(21-29)43(60)55(42(31)59)34-9-12-37(56)51-41(34)58/h5-8,10-11,13,16,21,23,25,28,30,34,42-45,59-60H,9,12,14-15,17-20,24H2,1-4H3,(H,52,57)(H,51,56,58)/t28?,30?,34?,42?,43?,44?,45-,47?/m0/s1. The Morgan fingerprint density at radius 3 is 2.53 bits per heavy atom. The molecule has 0 radical (unpaired) electrons. The van der Waals surface area contributed by atoms with E-state index in [4.69, 9.17) is 14.5 Å². The number of hydrogen-bond acceptors (Lipinski definition) is 13. The van der Waals surface area contributed by atoms with Crippen LogP contribution in [0.2, 0.25) is 0 Å². The molecule has 4 N–H and O–H groups in total. The highest BCUT2D eigenvalue weighted by Gasteiger charge is 2.69. The van der Waals surface area contributed by atoms with Gasteiger partial charge in [-0.3, -0.25) is 24.7 Å². The van der Waals surface area contributed by atoms with E-state index in [1.54, 1.807) is 36.7 Å². The number of benzene rings is 2. The van der Waals surface area contributed by atoms with Crippen molar-refractivity contribution in [2.24, 2.45) is 11.3 Å². The number of anilines is 1. The van der Waals surface area contributed by atoms with Crippen molar-refractivity contribution < 1.29 is 34.1 Å². The molecule has 62 heavy (non-hydrogen) atoms. The van der Waals surface area contributed by atoms with E-state index in [-0.39, 0.29) is 48.3 Å². The number of ether oxygens (including phenoxy) is 2. The summed E-state index contributed by atoms with van der Waals surface area (Å²) in [6, 6.07) is 16.3. The van der Waals surface area contributed by atoms with E-state index < -0.39 is 29.8 Å². The number of fused-ring (bicyclic) bond motifs is 3. The maximum Gasteiger partial charge on any atom is 0.253 e. The third-order valence-corrected chi connectivity index (χ3v) is 14.9. The number of nitrogens with one attached hydrogen (secondary N) is 2. The number of nitriles is 1. The first kappa shape index (κ1) is 40.4. The lowest BCUT2D eigenvalue weighted by Crippen LogP contribution is -2.78. The molecule has 6 aliphatic rings. The van der Waals surface area contributed by atoms with Gasteiger partial charge < -0.3 is 34.8 Å². The van der Waals surface area contributed by atoms with Gasteiger partial charge in [0.05, 0.1) is 34.1 Å². The van der Waals surface area contributed by atoms with Crippen molar-refractivity contribution >= 4 is 34.4 Å². The monoisotopic (exact) mass is 840 g/mol. The Bertz CT molecular complexity index is 2510. The van der Waals surface area contributed by atoms with Crippen molar-refractivity contribution in [3.8, 4) is 17.6 Å². The summed E-state index contributed by atoms with van der Waals surface area (Å²) in [5, 5.41) is 38.3. The Morgan fingerprint density at radius 2 is 1.81 bits per heavy atom. The molecular formula is C47H52N8O7. The number of hydrogen-bond donors (Lipinski definition) is 4. The zero-order valence-corrected chi connectivity index (χ0v) is 35.4. The molecule has 2 saturated heterocycles. The number of piperidine rings is 2. The van der Waals surface area contributed by atoms with Crippen LogP contribution in [0.1, 0.15) is 104 Å². The highest BCUT2D eigenvalue weighted by Crippen LogP contribution is 2.61. The lowest BCUT2D eigenvalue weighted by Gasteiger charge is -2.66. The van der Waals surface area contributed by atoms with Crippen molar-refractivity contribution in [1.29, 1.82) is 5.26 Å². The van der Waals surface area contributed by atoms with E-state index in [2.05, 4.69) is 59.3 Å². The third-order valence-electron chi connectivity index (χ3n) is 14.9. The van der Waals surface area contributed by atoms with E-state index in [1.807, 2.05) is 24.3 Å². The van der Waals surface area contributed by atoms with Crippen molar-refractivity contribution in [2.45, 2.75) is 108 Å². The molecule has 322 valence electrons. The van der Waals surface area contributed by atoms with E-state index >= 15 is 0 Å². The Morgan fingerprint density at radius 1 is 1.03 bits per heavy atom. The van der Waals surface area contributed by atoms with Gasteiger partial charge in [0.15, 0.2) is 0 Å². The van der Waals surface area contributed by atoms with Gasteiger partial charge in [0, 0.05) is 79.3 Å². The second-order valence-corrected chi connectivity index (χ2v) is 18.9. The topological polar surface area (TPSA) is 193 Å². The Labute approximate surface area is 360 Å². The molecule has 4 aliphatic heterocycles. The molecule has 0 spiro atoms. The smallest absolute Gasteiger partial charge is 0.253 e. The third kappa shape index (κ3) is 6.41. The summed E-state index contributed by atoms with van der Waals surface area (Å²) in [4.78, 5) is 53.3. The fourth-order valence-corrected chi connectivity index (χ4v) is 11.5. The maximum atomic E-state index is 13.8. The molecule has 0 bridgehead atoms. The zero-order valence-electron chi connectivity index (χ0n) is 35.4. The molecule has 6 atom stereocenters. The number of amides is 3. The number of aliphatic hydroxyl groups excluding tert-OH is 2.